The Morgan fingerprint density at radius 3 is 2.35 bits per heavy atom. The minimum Gasteiger partial charge on any atom is -0.497 e. The van der Waals surface area contributed by atoms with Crippen molar-refractivity contribution >= 4 is 11.6 Å². The molecular formula is C22H17ClN2O. The molecule has 0 aliphatic heterocycles. The summed E-state index contributed by atoms with van der Waals surface area (Å²) in [4.78, 5) is 7.68. The molecule has 1 N–H and O–H groups in total. The highest BCUT2D eigenvalue weighted by atomic mass is 35.5. The summed E-state index contributed by atoms with van der Waals surface area (Å²) in [5, 5.41) is 0.725. The lowest BCUT2D eigenvalue weighted by atomic mass is 10.0. The van der Waals surface area contributed by atoms with Gasteiger partial charge in [-0.3, -0.25) is 4.98 Å². The molecule has 128 valence electrons. The number of nitrogens with zero attached hydrogens (tertiary/aromatic N) is 1. The van der Waals surface area contributed by atoms with E-state index in [2.05, 4.69) is 22.1 Å². The highest BCUT2D eigenvalue weighted by Gasteiger charge is 2.14. The lowest BCUT2D eigenvalue weighted by molar-refractivity contribution is 0.415. The molecule has 0 amide bonds. The maximum Gasteiger partial charge on any atom is 0.119 e. The number of halogens is 1. The van der Waals surface area contributed by atoms with Crippen LogP contribution in [0.3, 0.4) is 0 Å². The summed E-state index contributed by atoms with van der Waals surface area (Å²) in [6, 6.07) is 22.1. The van der Waals surface area contributed by atoms with Gasteiger partial charge in [-0.2, -0.15) is 0 Å². The van der Waals surface area contributed by atoms with Crippen LogP contribution in [0.4, 0.5) is 0 Å². The molecule has 3 nitrogen and oxygen atoms in total. The SMILES string of the molecule is COc1cccc(-c2cc(-c3ccc(Cl)cc3)[nH]c2-c2ccncc2)c1. The number of pyridine rings is 1. The predicted octanol–water partition coefficient (Wildman–Crippen LogP) is 6.07. The van der Waals surface area contributed by atoms with E-state index in [1.54, 1.807) is 19.5 Å². The van der Waals surface area contributed by atoms with Crippen LogP contribution in [-0.2, 0) is 0 Å². The van der Waals surface area contributed by atoms with Gasteiger partial charge in [0.1, 0.15) is 5.75 Å². The van der Waals surface area contributed by atoms with Gasteiger partial charge >= 0.3 is 0 Å². The van der Waals surface area contributed by atoms with Crippen LogP contribution in [0.2, 0.25) is 5.02 Å². The van der Waals surface area contributed by atoms with Gasteiger partial charge in [0.25, 0.3) is 0 Å². The molecule has 2 aromatic heterocycles. The third-order valence-corrected chi connectivity index (χ3v) is 4.57. The maximum atomic E-state index is 6.03. The number of benzene rings is 2. The Morgan fingerprint density at radius 1 is 0.846 bits per heavy atom. The first-order valence-electron chi connectivity index (χ1n) is 8.28. The van der Waals surface area contributed by atoms with Gasteiger partial charge in [0.15, 0.2) is 0 Å². The number of aromatic nitrogens is 2. The highest BCUT2D eigenvalue weighted by Crippen LogP contribution is 2.37. The number of ether oxygens (including phenoxy) is 1. The second-order valence-electron chi connectivity index (χ2n) is 5.95. The van der Waals surface area contributed by atoms with Crippen LogP contribution in [0, 0.1) is 0 Å². The average Bonchev–Trinajstić information content (AvgIpc) is 3.15. The first kappa shape index (κ1) is 16.4. The van der Waals surface area contributed by atoms with Gasteiger partial charge in [-0.05, 0) is 53.6 Å². The lowest BCUT2D eigenvalue weighted by Crippen LogP contribution is -1.85. The molecule has 2 heterocycles. The topological polar surface area (TPSA) is 37.9 Å². The standard InChI is InChI=1S/C22H17ClN2O/c1-26-19-4-2-3-17(13-19)20-14-21(15-5-7-18(23)8-6-15)25-22(20)16-9-11-24-12-10-16/h2-14,25H,1H3. The first-order chi connectivity index (χ1) is 12.7. The molecule has 0 unspecified atom stereocenters. The Bertz CT molecular complexity index is 1020. The van der Waals surface area contributed by atoms with Crippen molar-refractivity contribution in [3.63, 3.8) is 0 Å². The van der Waals surface area contributed by atoms with Gasteiger partial charge < -0.3 is 9.72 Å². The largest absolute Gasteiger partial charge is 0.497 e. The third kappa shape index (κ3) is 3.22. The van der Waals surface area contributed by atoms with E-state index in [1.807, 2.05) is 54.6 Å². The molecule has 0 saturated heterocycles. The molecule has 0 radical (unpaired) electrons. The van der Waals surface area contributed by atoms with Crippen molar-refractivity contribution < 1.29 is 4.74 Å². The number of methoxy groups -OCH3 is 1. The number of rotatable bonds is 4. The minimum atomic E-state index is 0.725. The van der Waals surface area contributed by atoms with E-state index in [0.29, 0.717) is 0 Å². The van der Waals surface area contributed by atoms with E-state index in [-0.39, 0.29) is 0 Å². The highest BCUT2D eigenvalue weighted by molar-refractivity contribution is 6.30. The normalized spacial score (nSPS) is 10.7. The van der Waals surface area contributed by atoms with Crippen molar-refractivity contribution in [2.24, 2.45) is 0 Å². The van der Waals surface area contributed by atoms with Crippen LogP contribution in [0.25, 0.3) is 33.6 Å². The van der Waals surface area contributed by atoms with Crippen LogP contribution in [0.15, 0.2) is 79.1 Å². The van der Waals surface area contributed by atoms with Gasteiger partial charge in [-0.25, -0.2) is 0 Å². The second kappa shape index (κ2) is 7.06. The molecule has 0 atom stereocenters. The van der Waals surface area contributed by atoms with E-state index in [4.69, 9.17) is 16.3 Å². The molecular weight excluding hydrogens is 344 g/mol. The van der Waals surface area contributed by atoms with E-state index in [9.17, 15) is 0 Å². The summed E-state index contributed by atoms with van der Waals surface area (Å²) in [7, 11) is 1.68. The monoisotopic (exact) mass is 360 g/mol. The van der Waals surface area contributed by atoms with Crippen LogP contribution in [0.5, 0.6) is 5.75 Å². The predicted molar refractivity (Wildman–Crippen MR) is 106 cm³/mol. The van der Waals surface area contributed by atoms with Crippen molar-refractivity contribution in [3.8, 4) is 39.4 Å². The van der Waals surface area contributed by atoms with Crippen molar-refractivity contribution in [1.29, 1.82) is 0 Å². The second-order valence-corrected chi connectivity index (χ2v) is 6.38. The molecule has 0 aliphatic carbocycles. The molecule has 0 aliphatic rings. The summed E-state index contributed by atoms with van der Waals surface area (Å²) < 4.78 is 5.39. The van der Waals surface area contributed by atoms with Crippen LogP contribution < -0.4 is 4.74 Å². The zero-order valence-corrected chi connectivity index (χ0v) is 15.0. The van der Waals surface area contributed by atoms with Crippen molar-refractivity contribution in [1.82, 2.24) is 9.97 Å². The Hall–Kier alpha value is -3.04. The molecule has 0 bridgehead atoms. The molecule has 2 aromatic carbocycles. The Labute approximate surface area is 157 Å². The molecule has 26 heavy (non-hydrogen) atoms. The zero-order valence-electron chi connectivity index (χ0n) is 14.2. The van der Waals surface area contributed by atoms with Crippen molar-refractivity contribution in [2.45, 2.75) is 0 Å². The Kier molecular flexibility index (Phi) is 4.46. The Morgan fingerprint density at radius 2 is 1.62 bits per heavy atom. The van der Waals surface area contributed by atoms with Gasteiger partial charge in [-0.15, -0.1) is 0 Å². The summed E-state index contributed by atoms with van der Waals surface area (Å²) in [5.74, 6) is 0.831. The molecule has 0 saturated carbocycles. The molecule has 4 aromatic rings. The zero-order chi connectivity index (χ0) is 17.9. The number of aromatic amines is 1. The van der Waals surface area contributed by atoms with Crippen molar-refractivity contribution in [3.05, 3.63) is 84.1 Å². The molecule has 0 fully saturated rings. The lowest BCUT2D eigenvalue weighted by Gasteiger charge is -2.06. The molecule has 4 heteroatoms. The van der Waals surface area contributed by atoms with Crippen LogP contribution in [0.1, 0.15) is 0 Å². The maximum absolute atomic E-state index is 6.03. The number of H-pyrrole nitrogens is 1. The van der Waals surface area contributed by atoms with Gasteiger partial charge in [-0.1, -0.05) is 35.9 Å². The fourth-order valence-corrected chi connectivity index (χ4v) is 3.13. The van der Waals surface area contributed by atoms with E-state index < -0.39 is 0 Å². The Balaban J connectivity index is 1.89. The summed E-state index contributed by atoms with van der Waals surface area (Å²) >= 11 is 6.03. The fraction of sp³-hybridized carbons (Fsp3) is 0.0455. The summed E-state index contributed by atoms with van der Waals surface area (Å²) in [6.07, 6.45) is 3.60. The average molecular weight is 361 g/mol. The number of hydrogen-bond acceptors (Lipinski definition) is 2. The van der Waals surface area contributed by atoms with Gasteiger partial charge in [0, 0.05) is 34.2 Å². The number of nitrogens with one attached hydrogen (secondary N) is 1. The van der Waals surface area contributed by atoms with E-state index in [0.717, 1.165) is 44.4 Å². The third-order valence-electron chi connectivity index (χ3n) is 4.32. The first-order valence-corrected chi connectivity index (χ1v) is 8.66. The fourth-order valence-electron chi connectivity index (χ4n) is 3.00. The summed E-state index contributed by atoms with van der Waals surface area (Å²) in [6.45, 7) is 0. The van der Waals surface area contributed by atoms with E-state index >= 15 is 0 Å². The van der Waals surface area contributed by atoms with Crippen molar-refractivity contribution in [2.75, 3.05) is 7.11 Å². The van der Waals surface area contributed by atoms with Gasteiger partial charge in [0.05, 0.1) is 12.8 Å². The molecule has 0 spiro atoms. The van der Waals surface area contributed by atoms with Crippen LogP contribution >= 0.6 is 11.6 Å². The molecule has 4 rings (SSSR count). The van der Waals surface area contributed by atoms with E-state index in [1.165, 1.54) is 0 Å². The van der Waals surface area contributed by atoms with Crippen LogP contribution in [-0.4, -0.2) is 17.1 Å². The smallest absolute Gasteiger partial charge is 0.119 e. The quantitative estimate of drug-likeness (QED) is 0.479. The summed E-state index contributed by atoms with van der Waals surface area (Å²) in [5.41, 5.74) is 6.45. The number of hydrogen-bond donors (Lipinski definition) is 1. The van der Waals surface area contributed by atoms with Gasteiger partial charge in [0.2, 0.25) is 0 Å². The minimum absolute atomic E-state index is 0.725.